The van der Waals surface area contributed by atoms with E-state index in [-0.39, 0.29) is 12.1 Å². The molecule has 0 spiro atoms. The molecule has 29 heavy (non-hydrogen) atoms. The molecule has 3 aromatic heterocycles. The molecule has 2 bridgehead atoms. The molecule has 1 fully saturated rings. The highest BCUT2D eigenvalue weighted by atomic mass is 19.1. The van der Waals surface area contributed by atoms with Gasteiger partial charge in [0.1, 0.15) is 0 Å². The van der Waals surface area contributed by atoms with Crippen LogP contribution in [-0.2, 0) is 0 Å². The molecule has 1 atom stereocenters. The fourth-order valence-corrected chi connectivity index (χ4v) is 3.89. The van der Waals surface area contributed by atoms with Gasteiger partial charge in [-0.2, -0.15) is 0 Å². The maximum atomic E-state index is 14.4. The summed E-state index contributed by atoms with van der Waals surface area (Å²) >= 11 is 0. The summed E-state index contributed by atoms with van der Waals surface area (Å²) in [5, 5.41) is 2.79. The van der Waals surface area contributed by atoms with Crippen LogP contribution in [0.15, 0.2) is 43.0 Å². The third-order valence-electron chi connectivity index (χ3n) is 5.24. The van der Waals surface area contributed by atoms with Gasteiger partial charge in [0.2, 0.25) is 0 Å². The van der Waals surface area contributed by atoms with Crippen LogP contribution >= 0.6 is 0 Å². The predicted octanol–water partition coefficient (Wildman–Crippen LogP) is 3.01. The van der Waals surface area contributed by atoms with E-state index in [2.05, 4.69) is 25.2 Å². The van der Waals surface area contributed by atoms with Crippen molar-refractivity contribution in [1.82, 2.24) is 19.9 Å². The lowest BCUT2D eigenvalue weighted by Crippen LogP contribution is -2.48. The second-order valence-electron chi connectivity index (χ2n) is 7.12. The molecule has 2 amide bonds. The van der Waals surface area contributed by atoms with Crippen LogP contribution in [0.4, 0.5) is 26.5 Å². The number of carbonyl (C=O) groups is 1. The number of carbonyl (C=O) groups excluding carboxylic acids is 1. The van der Waals surface area contributed by atoms with Gasteiger partial charge in [-0.05, 0) is 31.5 Å². The first-order chi connectivity index (χ1) is 14.1. The van der Waals surface area contributed by atoms with Gasteiger partial charge in [-0.1, -0.05) is 0 Å². The molecule has 0 radical (unpaired) electrons. The Labute approximate surface area is 166 Å². The summed E-state index contributed by atoms with van der Waals surface area (Å²) in [7, 11) is 0. The summed E-state index contributed by atoms with van der Waals surface area (Å²) in [4.78, 5) is 33.7. The molecule has 1 N–H and O–H groups in total. The van der Waals surface area contributed by atoms with Gasteiger partial charge in [-0.15, -0.1) is 0 Å². The number of halogens is 1. The summed E-state index contributed by atoms with van der Waals surface area (Å²) in [6.07, 6.45) is 6.57. The van der Waals surface area contributed by atoms with Crippen molar-refractivity contribution < 1.29 is 9.18 Å². The Morgan fingerprint density at radius 3 is 2.97 bits per heavy atom. The minimum Gasteiger partial charge on any atom is -0.366 e. The Balaban J connectivity index is 1.56. The van der Waals surface area contributed by atoms with Crippen LogP contribution in [0.1, 0.15) is 12.1 Å². The topological polar surface area (TPSA) is 87.1 Å². The van der Waals surface area contributed by atoms with Crippen LogP contribution in [0.3, 0.4) is 0 Å². The van der Waals surface area contributed by atoms with Crippen LogP contribution in [-0.4, -0.2) is 45.1 Å². The standard InChI is InChI=1S/C20H18FN7O/c1-12-8-14(15(21)9-24-12)16-2-3-17-19(25-16)28(13-4-7-27(17)11-13)20(29)26-18-10-22-5-6-23-18/h2-3,5-6,8-10,13H,4,7,11H2,1H3,(H,23,26,29)/t13-/m0/s1. The first-order valence-electron chi connectivity index (χ1n) is 9.35. The Bertz CT molecular complexity index is 1090. The normalized spacial score (nSPS) is 17.2. The number of hydrogen-bond donors (Lipinski definition) is 1. The van der Waals surface area contributed by atoms with Crippen molar-refractivity contribution in [2.75, 3.05) is 28.2 Å². The number of urea groups is 1. The molecule has 2 aliphatic rings. The smallest absolute Gasteiger partial charge is 0.329 e. The third kappa shape index (κ3) is 3.04. The molecular formula is C20H18FN7O. The Morgan fingerprint density at radius 2 is 2.14 bits per heavy atom. The fraction of sp³-hybridized carbons (Fsp3) is 0.250. The second kappa shape index (κ2) is 6.77. The number of nitrogens with zero attached hydrogens (tertiary/aromatic N) is 6. The van der Waals surface area contributed by atoms with E-state index in [0.29, 0.717) is 28.6 Å². The highest BCUT2D eigenvalue weighted by molar-refractivity contribution is 6.04. The molecule has 0 aromatic carbocycles. The van der Waals surface area contributed by atoms with Gasteiger partial charge in [-0.3, -0.25) is 20.2 Å². The van der Waals surface area contributed by atoms with Gasteiger partial charge in [0.05, 0.1) is 29.8 Å². The van der Waals surface area contributed by atoms with E-state index in [1.807, 2.05) is 6.07 Å². The molecule has 3 aromatic rings. The van der Waals surface area contributed by atoms with Crippen molar-refractivity contribution >= 4 is 23.4 Å². The Hall–Kier alpha value is -3.62. The Kier molecular flexibility index (Phi) is 4.08. The number of rotatable bonds is 2. The maximum absolute atomic E-state index is 14.4. The van der Waals surface area contributed by atoms with E-state index < -0.39 is 5.82 Å². The van der Waals surface area contributed by atoms with Crippen molar-refractivity contribution in [3.63, 3.8) is 0 Å². The molecule has 1 saturated heterocycles. The average molecular weight is 391 g/mol. The summed E-state index contributed by atoms with van der Waals surface area (Å²) in [5.74, 6) is 0.440. The third-order valence-corrected chi connectivity index (χ3v) is 5.24. The van der Waals surface area contributed by atoms with Crippen LogP contribution in [0.2, 0.25) is 0 Å². The fourth-order valence-electron chi connectivity index (χ4n) is 3.89. The van der Waals surface area contributed by atoms with Gasteiger partial charge in [0.25, 0.3) is 0 Å². The van der Waals surface area contributed by atoms with Crippen molar-refractivity contribution in [2.45, 2.75) is 19.4 Å². The molecule has 0 aliphatic carbocycles. The molecule has 146 valence electrons. The average Bonchev–Trinajstić information content (AvgIpc) is 3.14. The zero-order chi connectivity index (χ0) is 20.0. The molecule has 8 nitrogen and oxygen atoms in total. The van der Waals surface area contributed by atoms with Gasteiger partial charge >= 0.3 is 6.03 Å². The number of hydrogen-bond acceptors (Lipinski definition) is 6. The van der Waals surface area contributed by atoms with Crippen molar-refractivity contribution in [1.29, 1.82) is 0 Å². The first kappa shape index (κ1) is 17.5. The van der Waals surface area contributed by atoms with Gasteiger partial charge < -0.3 is 4.90 Å². The van der Waals surface area contributed by atoms with E-state index in [0.717, 1.165) is 25.2 Å². The van der Waals surface area contributed by atoms with E-state index in [4.69, 9.17) is 4.98 Å². The van der Waals surface area contributed by atoms with Crippen LogP contribution in [0, 0.1) is 12.7 Å². The lowest BCUT2D eigenvalue weighted by Gasteiger charge is -2.35. The van der Waals surface area contributed by atoms with E-state index in [9.17, 15) is 9.18 Å². The van der Waals surface area contributed by atoms with Crippen molar-refractivity contribution in [3.05, 3.63) is 54.5 Å². The number of nitrogens with one attached hydrogen (secondary N) is 1. The van der Waals surface area contributed by atoms with Crippen molar-refractivity contribution in [2.24, 2.45) is 0 Å². The van der Waals surface area contributed by atoms with Gasteiger partial charge in [0.15, 0.2) is 17.5 Å². The molecule has 0 saturated carbocycles. The van der Waals surface area contributed by atoms with Gasteiger partial charge in [0, 0.05) is 36.7 Å². The lowest BCUT2D eigenvalue weighted by molar-refractivity contribution is 0.254. The number of amides is 2. The highest BCUT2D eigenvalue weighted by Crippen LogP contribution is 2.40. The summed E-state index contributed by atoms with van der Waals surface area (Å²) < 4.78 is 14.4. The summed E-state index contributed by atoms with van der Waals surface area (Å²) in [6, 6.07) is 5.01. The number of aromatic nitrogens is 4. The SMILES string of the molecule is Cc1cc(-c2ccc3c(n2)N(C(=O)Nc2cnccn2)[C@H]2CCN3C2)c(F)cn1. The predicted molar refractivity (Wildman–Crippen MR) is 106 cm³/mol. The van der Waals surface area contributed by atoms with E-state index >= 15 is 0 Å². The zero-order valence-electron chi connectivity index (χ0n) is 15.7. The minimum absolute atomic E-state index is 0.00838. The minimum atomic E-state index is -0.447. The lowest BCUT2D eigenvalue weighted by atomic mass is 10.1. The van der Waals surface area contributed by atoms with E-state index in [1.165, 1.54) is 18.6 Å². The largest absolute Gasteiger partial charge is 0.366 e. The van der Waals surface area contributed by atoms with E-state index in [1.54, 1.807) is 30.2 Å². The zero-order valence-corrected chi connectivity index (χ0v) is 15.7. The number of anilines is 3. The number of aryl methyl sites for hydroxylation is 1. The van der Waals surface area contributed by atoms with Crippen LogP contribution in [0.25, 0.3) is 11.3 Å². The summed E-state index contributed by atoms with van der Waals surface area (Å²) in [5.41, 5.74) is 2.39. The quantitative estimate of drug-likeness (QED) is 0.723. The van der Waals surface area contributed by atoms with Crippen LogP contribution in [0.5, 0.6) is 0 Å². The maximum Gasteiger partial charge on any atom is 0.329 e. The highest BCUT2D eigenvalue weighted by Gasteiger charge is 2.40. The molecule has 9 heteroatoms. The molecule has 5 heterocycles. The molecular weight excluding hydrogens is 373 g/mol. The monoisotopic (exact) mass is 391 g/mol. The number of pyridine rings is 2. The summed E-state index contributed by atoms with van der Waals surface area (Å²) in [6.45, 7) is 3.38. The molecule has 0 unspecified atom stereocenters. The molecule has 5 rings (SSSR count). The Morgan fingerprint density at radius 1 is 1.24 bits per heavy atom. The van der Waals surface area contributed by atoms with Crippen LogP contribution < -0.4 is 15.1 Å². The number of fused-ring (bicyclic) bond motifs is 4. The second-order valence-corrected chi connectivity index (χ2v) is 7.12. The first-order valence-corrected chi connectivity index (χ1v) is 9.35. The van der Waals surface area contributed by atoms with Gasteiger partial charge in [-0.25, -0.2) is 19.2 Å². The van der Waals surface area contributed by atoms with Crippen molar-refractivity contribution in [3.8, 4) is 11.3 Å². The molecule has 2 aliphatic heterocycles.